The van der Waals surface area contributed by atoms with Crippen LogP contribution in [0.4, 0.5) is 16.2 Å². The van der Waals surface area contributed by atoms with Crippen molar-refractivity contribution in [2.75, 3.05) is 17.6 Å². The molecular weight excluding hydrogens is 202 g/mol. The van der Waals surface area contributed by atoms with Crippen LogP contribution in [0.1, 0.15) is 26.2 Å². The van der Waals surface area contributed by atoms with E-state index < -0.39 is 0 Å². The minimum absolute atomic E-state index is 0.166. The van der Waals surface area contributed by atoms with Crippen LogP contribution in [0.15, 0.2) is 24.3 Å². The number of nitrogens with one attached hydrogen (secondary N) is 2. The van der Waals surface area contributed by atoms with Crippen molar-refractivity contribution < 1.29 is 4.79 Å². The first-order valence-corrected chi connectivity index (χ1v) is 5.62. The molecule has 0 saturated heterocycles. The first-order chi connectivity index (χ1) is 7.72. The fourth-order valence-corrected chi connectivity index (χ4v) is 1.32. The molecule has 2 amide bonds. The van der Waals surface area contributed by atoms with Gasteiger partial charge in [0.05, 0.1) is 0 Å². The highest BCUT2D eigenvalue weighted by Crippen LogP contribution is 2.09. The fraction of sp³-hybridized carbons (Fsp3) is 0.417. The lowest BCUT2D eigenvalue weighted by molar-refractivity contribution is 0.252. The molecule has 4 N–H and O–H groups in total. The number of urea groups is 1. The minimum atomic E-state index is -0.166. The average Bonchev–Trinajstić information content (AvgIpc) is 2.28. The highest BCUT2D eigenvalue weighted by Gasteiger charge is 1.99. The predicted octanol–water partition coefficient (Wildman–Crippen LogP) is 2.58. The van der Waals surface area contributed by atoms with E-state index in [4.69, 9.17) is 5.73 Å². The van der Waals surface area contributed by atoms with E-state index in [0.717, 1.165) is 24.9 Å². The average molecular weight is 221 g/mol. The van der Waals surface area contributed by atoms with Crippen molar-refractivity contribution in [3.63, 3.8) is 0 Å². The molecule has 1 aromatic carbocycles. The van der Waals surface area contributed by atoms with Gasteiger partial charge in [0.2, 0.25) is 0 Å². The van der Waals surface area contributed by atoms with Gasteiger partial charge in [-0.1, -0.05) is 19.8 Å². The molecule has 0 fully saturated rings. The number of rotatable bonds is 5. The molecular formula is C12H19N3O. The molecule has 0 aliphatic heterocycles. The third-order valence-electron chi connectivity index (χ3n) is 2.23. The van der Waals surface area contributed by atoms with Gasteiger partial charge in [0.25, 0.3) is 0 Å². The van der Waals surface area contributed by atoms with Crippen LogP contribution in [0.3, 0.4) is 0 Å². The summed E-state index contributed by atoms with van der Waals surface area (Å²) < 4.78 is 0. The summed E-state index contributed by atoms with van der Waals surface area (Å²) in [6, 6.07) is 6.90. The third-order valence-corrected chi connectivity index (χ3v) is 2.23. The Morgan fingerprint density at radius 1 is 1.25 bits per heavy atom. The van der Waals surface area contributed by atoms with Crippen LogP contribution in [-0.2, 0) is 0 Å². The molecule has 0 saturated carbocycles. The quantitative estimate of drug-likeness (QED) is 0.528. The normalized spacial score (nSPS) is 9.81. The van der Waals surface area contributed by atoms with Gasteiger partial charge in [-0.05, 0) is 30.7 Å². The van der Waals surface area contributed by atoms with Crippen LogP contribution in [0.25, 0.3) is 0 Å². The Balaban J connectivity index is 2.26. The second-order valence-corrected chi connectivity index (χ2v) is 3.71. The number of hydrogen-bond acceptors (Lipinski definition) is 2. The standard InChI is InChI=1S/C12H19N3O/c1-2-3-4-9-14-12(16)15-11-7-5-10(13)6-8-11/h5-8H,2-4,9,13H2,1H3,(H2,14,15,16). The van der Waals surface area contributed by atoms with Crippen molar-refractivity contribution in [1.29, 1.82) is 0 Å². The van der Waals surface area contributed by atoms with Crippen LogP contribution in [0, 0.1) is 0 Å². The lowest BCUT2D eigenvalue weighted by atomic mass is 10.2. The largest absolute Gasteiger partial charge is 0.399 e. The van der Waals surface area contributed by atoms with Crippen molar-refractivity contribution in [3.8, 4) is 0 Å². The maximum absolute atomic E-state index is 11.4. The lowest BCUT2D eigenvalue weighted by Gasteiger charge is -2.07. The molecule has 88 valence electrons. The maximum Gasteiger partial charge on any atom is 0.319 e. The summed E-state index contributed by atoms with van der Waals surface area (Å²) in [5, 5.41) is 5.54. The number of carbonyl (C=O) groups excluding carboxylic acids is 1. The van der Waals surface area contributed by atoms with Gasteiger partial charge in [-0.3, -0.25) is 0 Å². The number of unbranched alkanes of at least 4 members (excludes halogenated alkanes) is 2. The second kappa shape index (κ2) is 6.71. The van der Waals surface area contributed by atoms with E-state index >= 15 is 0 Å². The number of amides is 2. The van der Waals surface area contributed by atoms with Gasteiger partial charge in [0.15, 0.2) is 0 Å². The van der Waals surface area contributed by atoms with Gasteiger partial charge in [0.1, 0.15) is 0 Å². The van der Waals surface area contributed by atoms with Crippen LogP contribution in [0.5, 0.6) is 0 Å². The molecule has 0 bridgehead atoms. The fourth-order valence-electron chi connectivity index (χ4n) is 1.32. The zero-order valence-corrected chi connectivity index (χ0v) is 9.62. The Hall–Kier alpha value is -1.71. The smallest absolute Gasteiger partial charge is 0.319 e. The van der Waals surface area contributed by atoms with Crippen molar-refractivity contribution in [3.05, 3.63) is 24.3 Å². The summed E-state index contributed by atoms with van der Waals surface area (Å²) in [5.74, 6) is 0. The van der Waals surface area contributed by atoms with E-state index in [0.29, 0.717) is 12.2 Å². The Bertz CT molecular complexity index is 322. The van der Waals surface area contributed by atoms with Gasteiger partial charge in [0, 0.05) is 17.9 Å². The van der Waals surface area contributed by atoms with E-state index in [2.05, 4.69) is 17.6 Å². The molecule has 0 atom stereocenters. The van der Waals surface area contributed by atoms with E-state index in [9.17, 15) is 4.79 Å². The predicted molar refractivity (Wildman–Crippen MR) is 67.4 cm³/mol. The van der Waals surface area contributed by atoms with Crippen molar-refractivity contribution in [1.82, 2.24) is 5.32 Å². The Labute approximate surface area is 96.2 Å². The molecule has 0 heterocycles. The van der Waals surface area contributed by atoms with Crippen LogP contribution in [-0.4, -0.2) is 12.6 Å². The Morgan fingerprint density at radius 3 is 2.56 bits per heavy atom. The number of nitrogens with two attached hydrogens (primary N) is 1. The zero-order valence-electron chi connectivity index (χ0n) is 9.62. The molecule has 1 aromatic rings. The number of anilines is 2. The molecule has 4 heteroatoms. The Morgan fingerprint density at radius 2 is 1.94 bits per heavy atom. The minimum Gasteiger partial charge on any atom is -0.399 e. The first kappa shape index (κ1) is 12.4. The van der Waals surface area contributed by atoms with Gasteiger partial charge >= 0.3 is 6.03 Å². The van der Waals surface area contributed by atoms with Gasteiger partial charge in [-0.25, -0.2) is 4.79 Å². The maximum atomic E-state index is 11.4. The summed E-state index contributed by atoms with van der Waals surface area (Å²) in [6.07, 6.45) is 3.31. The molecule has 0 aromatic heterocycles. The molecule has 0 aliphatic rings. The summed E-state index contributed by atoms with van der Waals surface area (Å²) in [4.78, 5) is 11.4. The number of carbonyl (C=O) groups is 1. The van der Waals surface area contributed by atoms with E-state index in [1.165, 1.54) is 0 Å². The topological polar surface area (TPSA) is 67.2 Å². The number of nitrogen functional groups attached to an aromatic ring is 1. The number of benzene rings is 1. The van der Waals surface area contributed by atoms with E-state index in [1.807, 2.05) is 0 Å². The molecule has 16 heavy (non-hydrogen) atoms. The molecule has 0 unspecified atom stereocenters. The van der Waals surface area contributed by atoms with Crippen LogP contribution < -0.4 is 16.4 Å². The molecule has 0 aliphatic carbocycles. The first-order valence-electron chi connectivity index (χ1n) is 5.62. The van der Waals surface area contributed by atoms with Gasteiger partial charge in [-0.2, -0.15) is 0 Å². The van der Waals surface area contributed by atoms with Gasteiger partial charge < -0.3 is 16.4 Å². The van der Waals surface area contributed by atoms with Gasteiger partial charge in [-0.15, -0.1) is 0 Å². The lowest BCUT2D eigenvalue weighted by Crippen LogP contribution is -2.29. The van der Waals surface area contributed by atoms with Crippen molar-refractivity contribution in [2.24, 2.45) is 0 Å². The summed E-state index contributed by atoms with van der Waals surface area (Å²) in [5.41, 5.74) is 6.98. The highest BCUT2D eigenvalue weighted by molar-refractivity contribution is 5.89. The van der Waals surface area contributed by atoms with E-state index in [-0.39, 0.29) is 6.03 Å². The number of hydrogen-bond donors (Lipinski definition) is 3. The Kier molecular flexibility index (Phi) is 5.19. The van der Waals surface area contributed by atoms with Crippen LogP contribution in [0.2, 0.25) is 0 Å². The summed E-state index contributed by atoms with van der Waals surface area (Å²) >= 11 is 0. The summed E-state index contributed by atoms with van der Waals surface area (Å²) in [7, 11) is 0. The monoisotopic (exact) mass is 221 g/mol. The van der Waals surface area contributed by atoms with Crippen LogP contribution >= 0.6 is 0 Å². The van der Waals surface area contributed by atoms with E-state index in [1.54, 1.807) is 24.3 Å². The van der Waals surface area contributed by atoms with Crippen molar-refractivity contribution >= 4 is 17.4 Å². The second-order valence-electron chi connectivity index (χ2n) is 3.71. The molecule has 0 spiro atoms. The molecule has 0 radical (unpaired) electrons. The van der Waals surface area contributed by atoms with Crippen molar-refractivity contribution in [2.45, 2.75) is 26.2 Å². The zero-order chi connectivity index (χ0) is 11.8. The third kappa shape index (κ3) is 4.68. The SMILES string of the molecule is CCCCCNC(=O)Nc1ccc(N)cc1. The summed E-state index contributed by atoms with van der Waals surface area (Å²) in [6.45, 7) is 2.85. The molecule has 4 nitrogen and oxygen atoms in total. The molecule has 1 rings (SSSR count). The highest BCUT2D eigenvalue weighted by atomic mass is 16.2.